The van der Waals surface area contributed by atoms with Gasteiger partial charge in [0, 0.05) is 6.04 Å². The molecule has 0 unspecified atom stereocenters. The molecule has 2 rings (SSSR count). The number of nitrogens with zero attached hydrogens (tertiary/aromatic N) is 1. The average molecular weight is 300 g/mol. The van der Waals surface area contributed by atoms with Crippen molar-refractivity contribution >= 4 is 24.2 Å². The number of ether oxygens (including phenoxy) is 1. The molecule has 0 aromatic heterocycles. The summed E-state index contributed by atoms with van der Waals surface area (Å²) in [5.74, 6) is 0. The molecule has 1 aliphatic rings. The molecule has 0 aliphatic carbocycles. The lowest BCUT2D eigenvalue weighted by Gasteiger charge is -2.27. The first-order valence-corrected chi connectivity index (χ1v) is 6.84. The van der Waals surface area contributed by atoms with Crippen molar-refractivity contribution in [1.82, 2.24) is 0 Å². The van der Waals surface area contributed by atoms with Gasteiger partial charge in [0.1, 0.15) is 5.60 Å². The molecule has 0 saturated carbocycles. The van der Waals surface area contributed by atoms with Crippen LogP contribution in [0.4, 0.5) is 23.4 Å². The van der Waals surface area contributed by atoms with Crippen molar-refractivity contribution in [2.75, 3.05) is 4.90 Å². The normalized spacial score (nSPS) is 18.6. The molecule has 1 heterocycles. The maximum absolute atomic E-state index is 12.8. The number of hydrogen-bond acceptors (Lipinski definition) is 2. The number of anilines is 1. The first kappa shape index (κ1) is 15.7. The monoisotopic (exact) mass is 300 g/mol. The summed E-state index contributed by atoms with van der Waals surface area (Å²) in [6.45, 7) is 2.02. The largest absolute Gasteiger partial charge is 0.509 e. The van der Waals surface area contributed by atoms with Crippen molar-refractivity contribution in [2.45, 2.75) is 45.8 Å². The van der Waals surface area contributed by atoms with Crippen LogP contribution in [-0.4, -0.2) is 24.7 Å². The van der Waals surface area contributed by atoms with Crippen LogP contribution in [0, 0.1) is 0 Å². The third kappa shape index (κ3) is 3.33. The fourth-order valence-corrected chi connectivity index (χ4v) is 2.44. The van der Waals surface area contributed by atoms with Crippen molar-refractivity contribution in [1.29, 1.82) is 0 Å². The van der Waals surface area contributed by atoms with Gasteiger partial charge in [-0.2, -0.15) is 0 Å². The molecule has 0 N–H and O–H groups in total. The van der Waals surface area contributed by atoms with E-state index in [-0.39, 0.29) is 6.04 Å². The van der Waals surface area contributed by atoms with Gasteiger partial charge >= 0.3 is 13.1 Å². The van der Waals surface area contributed by atoms with E-state index in [4.69, 9.17) is 4.74 Å². The predicted octanol–water partition coefficient (Wildman–Crippen LogP) is 3.43. The van der Waals surface area contributed by atoms with Gasteiger partial charge in [-0.3, -0.25) is 4.90 Å². The highest BCUT2D eigenvalue weighted by Gasteiger charge is 2.35. The Bertz CT molecular complexity index is 566. The third-order valence-electron chi connectivity index (χ3n) is 3.29. The van der Waals surface area contributed by atoms with Crippen LogP contribution in [-0.2, 0) is 11.2 Å². The summed E-state index contributed by atoms with van der Waals surface area (Å²) < 4.78 is 43.7. The molecule has 0 radical (unpaired) electrons. The van der Waals surface area contributed by atoms with Gasteiger partial charge in [0.2, 0.25) is 0 Å². The zero-order chi connectivity index (χ0) is 16.0. The first-order chi connectivity index (χ1) is 9.49. The standard InChI is InChI=1S/C14H18BF3NO2/c1-9-7-10-8-11(15(16,17)18)5-6-12(10)19(9)13(20)21-14(2,3)4/h5-6,8-9H,7H2,1-4H3/q-1/t9-/m1/s1. The van der Waals surface area contributed by atoms with Crippen molar-refractivity contribution < 1.29 is 22.5 Å². The summed E-state index contributed by atoms with van der Waals surface area (Å²) in [5, 5.41) is 0. The Kier molecular flexibility index (Phi) is 3.72. The molecule has 1 aromatic carbocycles. The Balaban J connectivity index is 2.32. The van der Waals surface area contributed by atoms with Crippen LogP contribution in [0.2, 0.25) is 0 Å². The van der Waals surface area contributed by atoms with Crippen LogP contribution in [0.15, 0.2) is 18.2 Å². The first-order valence-electron chi connectivity index (χ1n) is 6.84. The third-order valence-corrected chi connectivity index (χ3v) is 3.29. The van der Waals surface area contributed by atoms with Crippen LogP contribution in [0.25, 0.3) is 0 Å². The van der Waals surface area contributed by atoms with E-state index < -0.39 is 24.1 Å². The predicted molar refractivity (Wildman–Crippen MR) is 77.0 cm³/mol. The molecule has 7 heteroatoms. The molecule has 1 aliphatic heterocycles. The molecule has 0 fully saturated rings. The van der Waals surface area contributed by atoms with Crippen molar-refractivity contribution in [3.05, 3.63) is 23.8 Å². The molecule has 21 heavy (non-hydrogen) atoms. The lowest BCUT2D eigenvalue weighted by atomic mass is 9.79. The van der Waals surface area contributed by atoms with E-state index in [1.54, 1.807) is 27.7 Å². The summed E-state index contributed by atoms with van der Waals surface area (Å²) in [7, 11) is 0. The molecule has 3 nitrogen and oxygen atoms in total. The van der Waals surface area contributed by atoms with E-state index in [1.165, 1.54) is 11.0 Å². The molecule has 0 spiro atoms. The minimum absolute atomic E-state index is 0.217. The Hall–Kier alpha value is -1.66. The molecule has 0 bridgehead atoms. The van der Waals surface area contributed by atoms with E-state index in [9.17, 15) is 17.7 Å². The number of hydrogen-bond donors (Lipinski definition) is 0. The van der Waals surface area contributed by atoms with Crippen LogP contribution >= 0.6 is 0 Å². The highest BCUT2D eigenvalue weighted by Crippen LogP contribution is 2.33. The molecular weight excluding hydrogens is 282 g/mol. The van der Waals surface area contributed by atoms with Gasteiger partial charge in [-0.1, -0.05) is 12.1 Å². The fraction of sp³-hybridized carbons (Fsp3) is 0.500. The second-order valence-electron chi connectivity index (χ2n) is 6.37. The van der Waals surface area contributed by atoms with Crippen LogP contribution in [0.5, 0.6) is 0 Å². The SMILES string of the molecule is C[C@@H]1Cc2cc([B-](F)(F)F)ccc2N1C(=O)OC(C)(C)C. The highest BCUT2D eigenvalue weighted by atomic mass is 19.4. The minimum Gasteiger partial charge on any atom is -0.445 e. The maximum atomic E-state index is 12.8. The Morgan fingerprint density at radius 3 is 2.48 bits per heavy atom. The highest BCUT2D eigenvalue weighted by molar-refractivity contribution is 6.73. The zero-order valence-corrected chi connectivity index (χ0v) is 12.5. The lowest BCUT2D eigenvalue weighted by Crippen LogP contribution is -2.40. The number of carbonyl (C=O) groups excluding carboxylic acids is 1. The van der Waals surface area contributed by atoms with Crippen molar-refractivity contribution in [3.8, 4) is 0 Å². The van der Waals surface area contributed by atoms with Gasteiger partial charge in [-0.05, 0) is 45.7 Å². The Morgan fingerprint density at radius 1 is 1.33 bits per heavy atom. The molecule has 116 valence electrons. The van der Waals surface area contributed by atoms with Crippen LogP contribution in [0.3, 0.4) is 0 Å². The van der Waals surface area contributed by atoms with Gasteiger partial charge in [0.05, 0.1) is 5.69 Å². The maximum Gasteiger partial charge on any atom is 0.509 e. The summed E-state index contributed by atoms with van der Waals surface area (Å²) in [6.07, 6.45) is -0.131. The molecule has 1 atom stereocenters. The average Bonchev–Trinajstić information content (AvgIpc) is 2.59. The molecule has 1 aromatic rings. The van der Waals surface area contributed by atoms with Gasteiger partial charge < -0.3 is 17.7 Å². The second kappa shape index (κ2) is 4.96. The topological polar surface area (TPSA) is 29.5 Å². The van der Waals surface area contributed by atoms with Crippen molar-refractivity contribution in [3.63, 3.8) is 0 Å². The van der Waals surface area contributed by atoms with Crippen LogP contribution < -0.4 is 10.4 Å². The van der Waals surface area contributed by atoms with E-state index in [1.807, 2.05) is 0 Å². The molecule has 1 amide bonds. The lowest BCUT2D eigenvalue weighted by molar-refractivity contribution is 0.0572. The quantitative estimate of drug-likeness (QED) is 0.744. The number of halogens is 3. The summed E-state index contributed by atoms with van der Waals surface area (Å²) in [4.78, 5) is 13.6. The minimum atomic E-state index is -5.03. The Morgan fingerprint density at radius 2 is 1.95 bits per heavy atom. The van der Waals surface area contributed by atoms with Gasteiger partial charge in [0.25, 0.3) is 0 Å². The number of rotatable bonds is 1. The van der Waals surface area contributed by atoms with E-state index in [0.29, 0.717) is 17.7 Å². The summed E-state index contributed by atoms with van der Waals surface area (Å²) >= 11 is 0. The smallest absolute Gasteiger partial charge is 0.445 e. The van der Waals surface area contributed by atoms with Gasteiger partial charge in [-0.25, -0.2) is 4.79 Å². The fourth-order valence-electron chi connectivity index (χ4n) is 2.44. The molecular formula is C14H18BF3NO2-. The zero-order valence-electron chi connectivity index (χ0n) is 12.5. The number of benzene rings is 1. The molecule has 0 saturated heterocycles. The van der Waals surface area contributed by atoms with Gasteiger partial charge in [0.15, 0.2) is 0 Å². The van der Waals surface area contributed by atoms with Gasteiger partial charge in [-0.15, -0.1) is 5.46 Å². The Labute approximate surface area is 122 Å². The van der Waals surface area contributed by atoms with E-state index in [0.717, 1.165) is 12.1 Å². The van der Waals surface area contributed by atoms with Crippen molar-refractivity contribution in [2.24, 2.45) is 0 Å². The van der Waals surface area contributed by atoms with E-state index >= 15 is 0 Å². The number of fused-ring (bicyclic) bond motifs is 1. The summed E-state index contributed by atoms with van der Waals surface area (Å²) in [6, 6.07) is 3.29. The second-order valence-corrected chi connectivity index (χ2v) is 6.37. The van der Waals surface area contributed by atoms with E-state index in [2.05, 4.69) is 0 Å². The summed E-state index contributed by atoms with van der Waals surface area (Å²) in [5.41, 5.74) is -0.244. The van der Waals surface area contributed by atoms with Crippen LogP contribution in [0.1, 0.15) is 33.3 Å². The number of amides is 1. The number of carbonyl (C=O) groups is 1.